The van der Waals surface area contributed by atoms with Gasteiger partial charge in [-0.15, -0.1) is 0 Å². The van der Waals surface area contributed by atoms with Crippen LogP contribution < -0.4 is 10.1 Å². The quantitative estimate of drug-likeness (QED) is 0.513. The monoisotopic (exact) mass is 397 g/mol. The molecule has 4 aromatic rings. The lowest BCUT2D eigenvalue weighted by Gasteiger charge is -2.15. The number of para-hydroxylation sites is 2. The Morgan fingerprint density at radius 3 is 2.53 bits per heavy atom. The fourth-order valence-corrected chi connectivity index (χ4v) is 3.21. The second-order valence-electron chi connectivity index (χ2n) is 7.24. The van der Waals surface area contributed by atoms with Crippen molar-refractivity contribution in [1.82, 2.24) is 15.3 Å². The minimum absolute atomic E-state index is 0.152. The minimum atomic E-state index is -0.596. The predicted octanol–water partition coefficient (Wildman–Crippen LogP) is 4.69. The Morgan fingerprint density at radius 2 is 1.77 bits per heavy atom. The highest BCUT2D eigenvalue weighted by atomic mass is 16.5. The van der Waals surface area contributed by atoms with Crippen LogP contribution in [-0.4, -0.2) is 22.0 Å². The molecule has 5 nitrogen and oxygen atoms in total. The van der Waals surface area contributed by atoms with Gasteiger partial charge in [-0.05, 0) is 55.8 Å². The fourth-order valence-electron chi connectivity index (χ4n) is 3.21. The first-order chi connectivity index (χ1) is 14.6. The predicted molar refractivity (Wildman–Crippen MR) is 118 cm³/mol. The molecule has 0 saturated heterocycles. The summed E-state index contributed by atoms with van der Waals surface area (Å²) >= 11 is 0. The van der Waals surface area contributed by atoms with E-state index in [1.807, 2.05) is 73.7 Å². The second kappa shape index (κ2) is 8.74. The third-order valence-corrected chi connectivity index (χ3v) is 4.83. The summed E-state index contributed by atoms with van der Waals surface area (Å²) in [5.74, 6) is 0.478. The zero-order valence-electron chi connectivity index (χ0n) is 17.0. The van der Waals surface area contributed by atoms with Crippen molar-refractivity contribution in [2.24, 2.45) is 0 Å². The molecule has 0 aliphatic carbocycles. The summed E-state index contributed by atoms with van der Waals surface area (Å²) in [5.41, 5.74) is 5.70. The van der Waals surface area contributed by atoms with Gasteiger partial charge in [-0.2, -0.15) is 0 Å². The van der Waals surface area contributed by atoms with Crippen LogP contribution in [0.4, 0.5) is 0 Å². The maximum Gasteiger partial charge on any atom is 0.261 e. The maximum atomic E-state index is 12.4. The Morgan fingerprint density at radius 1 is 1.00 bits per heavy atom. The molecule has 0 radical (unpaired) electrons. The van der Waals surface area contributed by atoms with Gasteiger partial charge in [0.2, 0.25) is 0 Å². The Hall–Kier alpha value is -3.73. The van der Waals surface area contributed by atoms with E-state index >= 15 is 0 Å². The number of hydrogen-bond donors (Lipinski definition) is 1. The van der Waals surface area contributed by atoms with Crippen molar-refractivity contribution >= 4 is 16.9 Å². The van der Waals surface area contributed by atoms with E-state index in [2.05, 4.69) is 21.4 Å². The summed E-state index contributed by atoms with van der Waals surface area (Å²) < 4.78 is 5.80. The van der Waals surface area contributed by atoms with Gasteiger partial charge in [-0.25, -0.2) is 4.98 Å². The molecule has 1 aromatic heterocycles. The molecular formula is C25H23N3O2. The first-order valence-corrected chi connectivity index (χ1v) is 9.90. The molecule has 1 N–H and O–H groups in total. The van der Waals surface area contributed by atoms with Gasteiger partial charge in [0, 0.05) is 12.1 Å². The van der Waals surface area contributed by atoms with Crippen LogP contribution >= 0.6 is 0 Å². The van der Waals surface area contributed by atoms with Crippen molar-refractivity contribution in [2.45, 2.75) is 26.5 Å². The number of nitrogens with zero attached hydrogens (tertiary/aromatic N) is 2. The van der Waals surface area contributed by atoms with Crippen LogP contribution in [0.2, 0.25) is 0 Å². The molecule has 150 valence electrons. The van der Waals surface area contributed by atoms with Gasteiger partial charge in [0.05, 0.1) is 22.9 Å². The number of carbonyl (C=O) groups is 1. The van der Waals surface area contributed by atoms with E-state index in [4.69, 9.17) is 4.74 Å². The highest BCUT2D eigenvalue weighted by molar-refractivity contribution is 5.80. The number of nitrogens with one attached hydrogen (secondary N) is 1. The van der Waals surface area contributed by atoms with Crippen molar-refractivity contribution in [1.29, 1.82) is 0 Å². The van der Waals surface area contributed by atoms with Gasteiger partial charge >= 0.3 is 0 Å². The molecule has 0 unspecified atom stereocenters. The zero-order valence-corrected chi connectivity index (χ0v) is 17.0. The van der Waals surface area contributed by atoms with E-state index < -0.39 is 6.10 Å². The van der Waals surface area contributed by atoms with Crippen LogP contribution in [0, 0.1) is 6.92 Å². The number of fused-ring (bicyclic) bond motifs is 1. The summed E-state index contributed by atoms with van der Waals surface area (Å²) in [7, 11) is 0. The van der Waals surface area contributed by atoms with Gasteiger partial charge in [0.25, 0.3) is 5.91 Å². The summed E-state index contributed by atoms with van der Waals surface area (Å²) in [6, 6.07) is 23.4. The molecule has 30 heavy (non-hydrogen) atoms. The smallest absolute Gasteiger partial charge is 0.261 e. The molecule has 0 saturated carbocycles. The van der Waals surface area contributed by atoms with Gasteiger partial charge < -0.3 is 10.1 Å². The molecule has 1 atom stereocenters. The average Bonchev–Trinajstić information content (AvgIpc) is 2.77. The molecule has 5 heteroatoms. The van der Waals surface area contributed by atoms with E-state index in [-0.39, 0.29) is 5.91 Å². The number of benzene rings is 3. The number of aryl methyl sites for hydroxylation is 1. The second-order valence-corrected chi connectivity index (χ2v) is 7.24. The van der Waals surface area contributed by atoms with Gasteiger partial charge in [0.1, 0.15) is 5.75 Å². The van der Waals surface area contributed by atoms with Gasteiger partial charge in [0.15, 0.2) is 6.10 Å². The fraction of sp³-hybridized carbons (Fsp3) is 0.160. The van der Waals surface area contributed by atoms with Crippen LogP contribution in [0.1, 0.15) is 18.1 Å². The summed E-state index contributed by atoms with van der Waals surface area (Å²) in [6.45, 7) is 4.26. The van der Waals surface area contributed by atoms with E-state index in [1.54, 1.807) is 13.1 Å². The topological polar surface area (TPSA) is 64.1 Å². The van der Waals surface area contributed by atoms with Gasteiger partial charge in [-0.3, -0.25) is 9.78 Å². The van der Waals surface area contributed by atoms with Crippen LogP contribution in [0.5, 0.6) is 5.75 Å². The molecule has 0 aliphatic rings. The lowest BCUT2D eigenvalue weighted by Crippen LogP contribution is -2.35. The molecule has 1 heterocycles. The molecule has 3 aromatic carbocycles. The highest BCUT2D eigenvalue weighted by Gasteiger charge is 2.14. The van der Waals surface area contributed by atoms with Crippen LogP contribution in [-0.2, 0) is 11.3 Å². The number of rotatable bonds is 6. The van der Waals surface area contributed by atoms with Crippen molar-refractivity contribution in [3.05, 3.63) is 90.1 Å². The number of hydrogen-bond acceptors (Lipinski definition) is 4. The van der Waals surface area contributed by atoms with Crippen molar-refractivity contribution in [2.75, 3.05) is 0 Å². The van der Waals surface area contributed by atoms with E-state index in [0.717, 1.165) is 27.9 Å². The maximum absolute atomic E-state index is 12.4. The lowest BCUT2D eigenvalue weighted by atomic mass is 10.1. The summed E-state index contributed by atoms with van der Waals surface area (Å²) in [4.78, 5) is 21.5. The normalized spacial score (nSPS) is 11.8. The molecular weight excluding hydrogens is 374 g/mol. The van der Waals surface area contributed by atoms with Crippen molar-refractivity contribution in [3.8, 4) is 17.0 Å². The average molecular weight is 397 g/mol. The molecule has 0 aliphatic heterocycles. The lowest BCUT2D eigenvalue weighted by molar-refractivity contribution is -0.127. The first-order valence-electron chi connectivity index (χ1n) is 9.90. The van der Waals surface area contributed by atoms with Crippen molar-refractivity contribution < 1.29 is 9.53 Å². The summed E-state index contributed by atoms with van der Waals surface area (Å²) in [6.07, 6.45) is 1.17. The minimum Gasteiger partial charge on any atom is -0.481 e. The standard InChI is InChI=1S/C25H23N3O2/c1-17-6-5-7-19(14-17)15-27-25(29)18(2)30-21-12-10-20(11-13-21)24-16-26-22-8-3-4-9-23(22)28-24/h3-14,16,18H,15H2,1-2H3,(H,27,29)/t18-/m1/s1. The molecule has 0 fully saturated rings. The van der Waals surface area contributed by atoms with E-state index in [1.165, 1.54) is 5.56 Å². The third-order valence-electron chi connectivity index (χ3n) is 4.83. The van der Waals surface area contributed by atoms with E-state index in [9.17, 15) is 4.79 Å². The zero-order chi connectivity index (χ0) is 20.9. The first kappa shape index (κ1) is 19.6. The third kappa shape index (κ3) is 4.63. The molecule has 1 amide bonds. The van der Waals surface area contributed by atoms with Crippen LogP contribution in [0.15, 0.2) is 79.0 Å². The number of ether oxygens (including phenoxy) is 1. The highest BCUT2D eigenvalue weighted by Crippen LogP contribution is 2.22. The largest absolute Gasteiger partial charge is 0.481 e. The number of aromatic nitrogens is 2. The van der Waals surface area contributed by atoms with Crippen LogP contribution in [0.25, 0.3) is 22.3 Å². The van der Waals surface area contributed by atoms with Crippen LogP contribution in [0.3, 0.4) is 0 Å². The van der Waals surface area contributed by atoms with Gasteiger partial charge in [-0.1, -0.05) is 42.0 Å². The Kier molecular flexibility index (Phi) is 5.70. The number of amides is 1. The SMILES string of the molecule is Cc1cccc(CNC(=O)[C@@H](C)Oc2ccc(-c3cnc4ccccc4n3)cc2)c1. The van der Waals surface area contributed by atoms with Crippen molar-refractivity contribution in [3.63, 3.8) is 0 Å². The Bertz CT molecular complexity index is 1170. The molecule has 0 bridgehead atoms. The van der Waals surface area contributed by atoms with E-state index in [0.29, 0.717) is 12.3 Å². The summed E-state index contributed by atoms with van der Waals surface area (Å²) in [5, 5.41) is 2.92. The Labute approximate surface area is 175 Å². The Balaban J connectivity index is 1.38. The molecule has 0 spiro atoms. The number of carbonyl (C=O) groups excluding carboxylic acids is 1. The molecule has 4 rings (SSSR count).